The van der Waals surface area contributed by atoms with Crippen LogP contribution in [0.1, 0.15) is 46.5 Å². The number of esters is 1. The lowest BCUT2D eigenvalue weighted by Gasteiger charge is -2.15. The highest BCUT2D eigenvalue weighted by atomic mass is 16.5. The lowest BCUT2D eigenvalue weighted by molar-refractivity contribution is -0.141. The van der Waals surface area contributed by atoms with Crippen molar-refractivity contribution in [3.8, 4) is 0 Å². The lowest BCUT2D eigenvalue weighted by atomic mass is 9.92. The predicted molar refractivity (Wildman–Crippen MR) is 54.5 cm³/mol. The van der Waals surface area contributed by atoms with Crippen LogP contribution in [0.15, 0.2) is 0 Å². The third-order valence-electron chi connectivity index (χ3n) is 2.33. The van der Waals surface area contributed by atoms with Crippen molar-refractivity contribution < 1.29 is 9.53 Å². The van der Waals surface area contributed by atoms with E-state index in [1.165, 1.54) is 20.0 Å². The highest BCUT2D eigenvalue weighted by Gasteiger charge is 2.12. The maximum atomic E-state index is 10.9. The van der Waals surface area contributed by atoms with E-state index in [1.54, 1.807) is 0 Å². The average Bonchev–Trinajstić information content (AvgIpc) is 2.04. The minimum atomic E-state index is -0.0869. The molecular weight excluding hydrogens is 164 g/mol. The van der Waals surface area contributed by atoms with E-state index in [4.69, 9.17) is 0 Å². The molecule has 0 N–H and O–H groups in total. The van der Waals surface area contributed by atoms with Gasteiger partial charge in [0.05, 0.1) is 7.11 Å². The van der Waals surface area contributed by atoms with Crippen LogP contribution in [0.2, 0.25) is 0 Å². The molecule has 2 nitrogen and oxygen atoms in total. The number of carbonyl (C=O) groups excluding carboxylic acids is 1. The van der Waals surface area contributed by atoms with Crippen molar-refractivity contribution in [2.45, 2.75) is 46.5 Å². The van der Waals surface area contributed by atoms with Crippen LogP contribution in [0.5, 0.6) is 0 Å². The van der Waals surface area contributed by atoms with Gasteiger partial charge in [-0.1, -0.05) is 33.6 Å². The molecule has 0 bridgehead atoms. The van der Waals surface area contributed by atoms with E-state index >= 15 is 0 Å². The van der Waals surface area contributed by atoms with E-state index in [0.717, 1.165) is 12.3 Å². The van der Waals surface area contributed by atoms with Crippen molar-refractivity contribution >= 4 is 5.97 Å². The zero-order valence-electron chi connectivity index (χ0n) is 9.30. The standard InChI is InChI=1S/C11H22O2/c1-5-6-9(2)7-10(3)8-11(12)13-4/h9-10H,5-8H2,1-4H3/t9-,10-/m0/s1. The lowest BCUT2D eigenvalue weighted by Crippen LogP contribution is -2.10. The topological polar surface area (TPSA) is 26.3 Å². The Balaban J connectivity index is 3.60. The smallest absolute Gasteiger partial charge is 0.305 e. The molecule has 2 atom stereocenters. The van der Waals surface area contributed by atoms with Crippen LogP contribution < -0.4 is 0 Å². The molecule has 0 aromatic carbocycles. The first kappa shape index (κ1) is 12.5. The maximum absolute atomic E-state index is 10.9. The van der Waals surface area contributed by atoms with Crippen molar-refractivity contribution in [3.05, 3.63) is 0 Å². The van der Waals surface area contributed by atoms with Gasteiger partial charge in [0.25, 0.3) is 0 Å². The summed E-state index contributed by atoms with van der Waals surface area (Å²) in [5.41, 5.74) is 0. The van der Waals surface area contributed by atoms with Gasteiger partial charge in [-0.15, -0.1) is 0 Å². The molecule has 13 heavy (non-hydrogen) atoms. The van der Waals surface area contributed by atoms with E-state index in [9.17, 15) is 4.79 Å². The van der Waals surface area contributed by atoms with Crippen LogP contribution in [0.3, 0.4) is 0 Å². The first-order valence-electron chi connectivity index (χ1n) is 5.16. The van der Waals surface area contributed by atoms with Crippen molar-refractivity contribution in [3.63, 3.8) is 0 Å². The number of rotatable bonds is 6. The minimum absolute atomic E-state index is 0.0869. The van der Waals surface area contributed by atoms with Gasteiger partial charge in [-0.2, -0.15) is 0 Å². The monoisotopic (exact) mass is 186 g/mol. The molecule has 0 aliphatic carbocycles. The Morgan fingerprint density at radius 3 is 2.38 bits per heavy atom. The molecule has 0 radical (unpaired) electrons. The zero-order valence-corrected chi connectivity index (χ0v) is 9.30. The Kier molecular flexibility index (Phi) is 6.65. The van der Waals surface area contributed by atoms with Crippen molar-refractivity contribution in [1.82, 2.24) is 0 Å². The third-order valence-corrected chi connectivity index (χ3v) is 2.33. The van der Waals surface area contributed by atoms with Gasteiger partial charge in [-0.25, -0.2) is 0 Å². The van der Waals surface area contributed by atoms with Gasteiger partial charge in [0, 0.05) is 6.42 Å². The SMILES string of the molecule is CCC[C@H](C)C[C@H](C)CC(=O)OC. The quantitative estimate of drug-likeness (QED) is 0.596. The molecule has 0 saturated heterocycles. The molecule has 0 rings (SSSR count). The second kappa shape index (κ2) is 6.93. The van der Waals surface area contributed by atoms with Crippen LogP contribution in [0, 0.1) is 11.8 Å². The van der Waals surface area contributed by atoms with Crippen LogP contribution in [0.25, 0.3) is 0 Å². The summed E-state index contributed by atoms with van der Waals surface area (Å²) in [6.07, 6.45) is 4.17. The molecule has 0 aliphatic rings. The van der Waals surface area contributed by atoms with Crippen molar-refractivity contribution in [2.24, 2.45) is 11.8 Å². The molecule has 0 fully saturated rings. The molecule has 0 saturated carbocycles. The zero-order chi connectivity index (χ0) is 10.3. The Bertz CT molecular complexity index is 143. The minimum Gasteiger partial charge on any atom is -0.469 e. The number of carbonyl (C=O) groups is 1. The molecule has 0 aromatic rings. The van der Waals surface area contributed by atoms with Gasteiger partial charge in [0.15, 0.2) is 0 Å². The summed E-state index contributed by atoms with van der Waals surface area (Å²) >= 11 is 0. The maximum Gasteiger partial charge on any atom is 0.305 e. The average molecular weight is 186 g/mol. The normalized spacial score (nSPS) is 15.1. The largest absolute Gasteiger partial charge is 0.469 e. The molecule has 2 heteroatoms. The second-order valence-electron chi connectivity index (χ2n) is 4.01. The van der Waals surface area contributed by atoms with Gasteiger partial charge in [0.2, 0.25) is 0 Å². The summed E-state index contributed by atoms with van der Waals surface area (Å²) in [5.74, 6) is 1.09. The van der Waals surface area contributed by atoms with Crippen LogP contribution in [0.4, 0.5) is 0 Å². The molecule has 0 unspecified atom stereocenters. The summed E-state index contributed by atoms with van der Waals surface area (Å²) in [4.78, 5) is 10.9. The fourth-order valence-electron chi connectivity index (χ4n) is 1.75. The van der Waals surface area contributed by atoms with Crippen LogP contribution in [-0.2, 0) is 9.53 Å². The van der Waals surface area contributed by atoms with E-state index in [-0.39, 0.29) is 5.97 Å². The van der Waals surface area contributed by atoms with Gasteiger partial charge in [-0.3, -0.25) is 4.79 Å². The van der Waals surface area contributed by atoms with E-state index in [0.29, 0.717) is 12.3 Å². The van der Waals surface area contributed by atoms with Gasteiger partial charge in [-0.05, 0) is 18.3 Å². The summed E-state index contributed by atoms with van der Waals surface area (Å²) in [6, 6.07) is 0. The fraction of sp³-hybridized carbons (Fsp3) is 0.909. The fourth-order valence-corrected chi connectivity index (χ4v) is 1.75. The van der Waals surface area contributed by atoms with Crippen LogP contribution in [-0.4, -0.2) is 13.1 Å². The van der Waals surface area contributed by atoms with Crippen molar-refractivity contribution in [1.29, 1.82) is 0 Å². The summed E-state index contributed by atoms with van der Waals surface area (Å²) < 4.78 is 4.62. The number of hydrogen-bond donors (Lipinski definition) is 0. The molecule has 0 amide bonds. The van der Waals surface area contributed by atoms with Crippen LogP contribution >= 0.6 is 0 Å². The molecular formula is C11H22O2. The first-order valence-corrected chi connectivity index (χ1v) is 5.16. The number of hydrogen-bond acceptors (Lipinski definition) is 2. The van der Waals surface area contributed by atoms with Gasteiger partial charge in [0.1, 0.15) is 0 Å². The first-order chi connectivity index (χ1) is 6.10. The van der Waals surface area contributed by atoms with Crippen molar-refractivity contribution in [2.75, 3.05) is 7.11 Å². The van der Waals surface area contributed by atoms with E-state index in [1.807, 2.05) is 0 Å². The Morgan fingerprint density at radius 2 is 1.92 bits per heavy atom. The summed E-state index contributed by atoms with van der Waals surface area (Å²) in [6.45, 7) is 6.56. The highest BCUT2D eigenvalue weighted by Crippen LogP contribution is 2.19. The van der Waals surface area contributed by atoms with Gasteiger partial charge < -0.3 is 4.74 Å². The third kappa shape index (κ3) is 6.62. The predicted octanol–water partition coefficient (Wildman–Crippen LogP) is 3.01. The second-order valence-corrected chi connectivity index (χ2v) is 4.01. The number of ether oxygens (including phenoxy) is 1. The number of methoxy groups -OCH3 is 1. The summed E-state index contributed by atoms with van der Waals surface area (Å²) in [5, 5.41) is 0. The Hall–Kier alpha value is -0.530. The Labute approximate surface area is 81.7 Å². The van der Waals surface area contributed by atoms with Gasteiger partial charge >= 0.3 is 5.97 Å². The summed E-state index contributed by atoms with van der Waals surface area (Å²) in [7, 11) is 1.45. The molecule has 0 heterocycles. The molecule has 0 spiro atoms. The Morgan fingerprint density at radius 1 is 1.31 bits per heavy atom. The van der Waals surface area contributed by atoms with E-state index < -0.39 is 0 Å². The molecule has 78 valence electrons. The molecule has 0 aromatic heterocycles. The van der Waals surface area contributed by atoms with E-state index in [2.05, 4.69) is 25.5 Å². The highest BCUT2D eigenvalue weighted by molar-refractivity contribution is 5.69. The molecule has 0 aliphatic heterocycles.